The third kappa shape index (κ3) is 2.94. The summed E-state index contributed by atoms with van der Waals surface area (Å²) >= 11 is 6.01. The quantitative estimate of drug-likeness (QED) is 0.379. The normalized spacial score (nSPS) is 11.6. The van der Waals surface area contributed by atoms with Crippen LogP contribution in [0.15, 0.2) is 29.7 Å². The molecular weight excluding hydrogens is 270 g/mol. The second-order valence-electron chi connectivity index (χ2n) is 3.72. The Morgan fingerprint density at radius 1 is 1.58 bits per heavy atom. The fourth-order valence-electron chi connectivity index (χ4n) is 1.45. The van der Waals surface area contributed by atoms with Gasteiger partial charge in [0.15, 0.2) is 11.7 Å². The number of hydrogen-bond acceptors (Lipinski definition) is 5. The largest absolute Gasteiger partial charge is 0.486 e. The first-order valence-corrected chi connectivity index (χ1v) is 5.72. The van der Waals surface area contributed by atoms with Crippen molar-refractivity contribution in [2.75, 3.05) is 0 Å². The van der Waals surface area contributed by atoms with Gasteiger partial charge < -0.3 is 15.7 Å². The molecule has 0 aliphatic heterocycles. The highest BCUT2D eigenvalue weighted by atomic mass is 35.5. The summed E-state index contributed by atoms with van der Waals surface area (Å²) in [4.78, 5) is 4.03. The van der Waals surface area contributed by atoms with Crippen molar-refractivity contribution in [1.29, 1.82) is 0 Å². The highest BCUT2D eigenvalue weighted by molar-refractivity contribution is 6.34. The molecule has 0 bridgehead atoms. The lowest BCUT2D eigenvalue weighted by atomic mass is 10.2. The zero-order valence-corrected chi connectivity index (χ0v) is 10.9. The van der Waals surface area contributed by atoms with E-state index in [0.717, 1.165) is 0 Å². The summed E-state index contributed by atoms with van der Waals surface area (Å²) in [5.74, 6) is 1.20. The molecule has 0 saturated carbocycles. The summed E-state index contributed by atoms with van der Waals surface area (Å²) in [6.45, 7) is 0.274. The number of oxime groups is 1. The first kappa shape index (κ1) is 13.2. The third-order valence-electron chi connectivity index (χ3n) is 2.50. The molecule has 0 aliphatic rings. The first-order valence-electron chi connectivity index (χ1n) is 5.35. The van der Waals surface area contributed by atoms with Crippen LogP contribution >= 0.6 is 11.6 Å². The van der Waals surface area contributed by atoms with Crippen LogP contribution < -0.4 is 10.5 Å². The maximum Gasteiger partial charge on any atom is 0.171 e. The molecule has 0 spiro atoms. The van der Waals surface area contributed by atoms with Crippen molar-refractivity contribution in [2.24, 2.45) is 17.9 Å². The Morgan fingerprint density at radius 2 is 2.37 bits per heavy atom. The van der Waals surface area contributed by atoms with Gasteiger partial charge in [0.1, 0.15) is 18.7 Å². The predicted molar refractivity (Wildman–Crippen MR) is 69.3 cm³/mol. The molecule has 0 atom stereocenters. The van der Waals surface area contributed by atoms with Crippen molar-refractivity contribution in [2.45, 2.75) is 6.61 Å². The number of benzene rings is 1. The summed E-state index contributed by atoms with van der Waals surface area (Å²) in [5, 5.41) is 15.8. The number of aromatic nitrogens is 3. The van der Waals surface area contributed by atoms with E-state index in [9.17, 15) is 0 Å². The molecule has 0 aliphatic carbocycles. The Balaban J connectivity index is 2.10. The molecule has 0 amide bonds. The summed E-state index contributed by atoms with van der Waals surface area (Å²) in [7, 11) is 1.78. The molecule has 0 radical (unpaired) electrons. The smallest absolute Gasteiger partial charge is 0.171 e. The van der Waals surface area contributed by atoms with Gasteiger partial charge in [-0.05, 0) is 18.2 Å². The van der Waals surface area contributed by atoms with Crippen LogP contribution in [0, 0.1) is 0 Å². The highest BCUT2D eigenvalue weighted by Gasteiger charge is 2.08. The molecule has 1 aromatic carbocycles. The molecule has 8 heteroatoms. The fraction of sp³-hybridized carbons (Fsp3) is 0.182. The van der Waals surface area contributed by atoms with Gasteiger partial charge in [-0.15, -0.1) is 0 Å². The zero-order chi connectivity index (χ0) is 13.8. The van der Waals surface area contributed by atoms with Crippen LogP contribution in [0.3, 0.4) is 0 Å². The molecule has 3 N–H and O–H groups in total. The molecule has 1 heterocycles. The van der Waals surface area contributed by atoms with E-state index in [1.807, 2.05) is 0 Å². The molecule has 0 fully saturated rings. The number of hydrogen-bond donors (Lipinski definition) is 2. The van der Waals surface area contributed by atoms with Crippen molar-refractivity contribution in [3.8, 4) is 5.75 Å². The Bertz CT molecular complexity index is 611. The van der Waals surface area contributed by atoms with Gasteiger partial charge in [0, 0.05) is 12.6 Å². The summed E-state index contributed by atoms with van der Waals surface area (Å²) in [6, 6.07) is 4.88. The molecule has 0 saturated heterocycles. The lowest BCUT2D eigenvalue weighted by Crippen LogP contribution is -2.13. The van der Waals surface area contributed by atoms with Gasteiger partial charge in [0.05, 0.1) is 5.02 Å². The van der Waals surface area contributed by atoms with E-state index in [2.05, 4.69) is 15.2 Å². The number of nitrogens with zero attached hydrogens (tertiary/aromatic N) is 4. The number of nitrogens with two attached hydrogens (primary N) is 1. The van der Waals surface area contributed by atoms with Crippen LogP contribution in [-0.4, -0.2) is 25.8 Å². The lowest BCUT2D eigenvalue weighted by Gasteiger charge is -2.08. The topological polar surface area (TPSA) is 98.5 Å². The average Bonchev–Trinajstić information content (AvgIpc) is 2.81. The number of amidine groups is 1. The Hall–Kier alpha value is -2.28. The van der Waals surface area contributed by atoms with Crippen molar-refractivity contribution < 1.29 is 9.94 Å². The third-order valence-corrected chi connectivity index (χ3v) is 2.81. The van der Waals surface area contributed by atoms with Gasteiger partial charge in [-0.25, -0.2) is 4.98 Å². The molecule has 19 heavy (non-hydrogen) atoms. The van der Waals surface area contributed by atoms with E-state index in [-0.39, 0.29) is 12.4 Å². The highest BCUT2D eigenvalue weighted by Crippen LogP contribution is 2.23. The van der Waals surface area contributed by atoms with Gasteiger partial charge in [0.25, 0.3) is 0 Å². The standard InChI is InChI=1S/C11H12ClN5O2/c1-17-10(14-6-15-17)5-19-7-2-3-8(9(12)4-7)11(13)16-18/h2-4,6,18H,5H2,1H3,(H2,13,16). The van der Waals surface area contributed by atoms with Crippen molar-refractivity contribution in [1.82, 2.24) is 14.8 Å². The van der Waals surface area contributed by atoms with Gasteiger partial charge in [0.2, 0.25) is 0 Å². The molecule has 2 rings (SSSR count). The van der Waals surface area contributed by atoms with E-state index in [0.29, 0.717) is 22.2 Å². The Labute approximate surface area is 114 Å². The molecule has 2 aromatic rings. The number of aryl methyl sites for hydroxylation is 1. The van der Waals surface area contributed by atoms with E-state index < -0.39 is 0 Å². The van der Waals surface area contributed by atoms with Crippen molar-refractivity contribution in [3.63, 3.8) is 0 Å². The number of halogens is 1. The number of rotatable bonds is 4. The minimum absolute atomic E-state index is 0.0511. The minimum atomic E-state index is -0.0511. The molecule has 7 nitrogen and oxygen atoms in total. The summed E-state index contributed by atoms with van der Waals surface area (Å²) in [5.41, 5.74) is 5.91. The van der Waals surface area contributed by atoms with Gasteiger partial charge in [-0.2, -0.15) is 5.10 Å². The van der Waals surface area contributed by atoms with Gasteiger partial charge >= 0.3 is 0 Å². The van der Waals surface area contributed by atoms with Gasteiger partial charge in [-0.3, -0.25) is 4.68 Å². The molecular formula is C11H12ClN5O2. The van der Waals surface area contributed by atoms with Crippen molar-refractivity contribution in [3.05, 3.63) is 40.9 Å². The fourth-order valence-corrected chi connectivity index (χ4v) is 1.71. The van der Waals surface area contributed by atoms with Crippen LogP contribution in [-0.2, 0) is 13.7 Å². The Kier molecular flexibility index (Phi) is 3.86. The minimum Gasteiger partial charge on any atom is -0.486 e. The molecule has 100 valence electrons. The monoisotopic (exact) mass is 281 g/mol. The SMILES string of the molecule is Cn1ncnc1COc1ccc(/C(N)=N/O)c(Cl)c1. The van der Waals surface area contributed by atoms with E-state index >= 15 is 0 Å². The second kappa shape index (κ2) is 5.57. The van der Waals surface area contributed by atoms with E-state index in [4.69, 9.17) is 27.3 Å². The average molecular weight is 282 g/mol. The first-order chi connectivity index (χ1) is 9.11. The van der Waals surface area contributed by atoms with Crippen LogP contribution in [0.4, 0.5) is 0 Å². The second-order valence-corrected chi connectivity index (χ2v) is 4.12. The summed E-state index contributed by atoms with van der Waals surface area (Å²) < 4.78 is 7.15. The zero-order valence-electron chi connectivity index (χ0n) is 10.1. The van der Waals surface area contributed by atoms with Crippen LogP contribution in [0.5, 0.6) is 5.75 Å². The van der Waals surface area contributed by atoms with Crippen molar-refractivity contribution >= 4 is 17.4 Å². The van der Waals surface area contributed by atoms with Crippen LogP contribution in [0.1, 0.15) is 11.4 Å². The van der Waals surface area contributed by atoms with Crippen LogP contribution in [0.25, 0.3) is 0 Å². The summed E-state index contributed by atoms with van der Waals surface area (Å²) in [6.07, 6.45) is 1.45. The van der Waals surface area contributed by atoms with E-state index in [1.54, 1.807) is 29.9 Å². The molecule has 1 aromatic heterocycles. The number of ether oxygens (including phenoxy) is 1. The maximum atomic E-state index is 8.60. The maximum absolute atomic E-state index is 8.60. The predicted octanol–water partition coefficient (Wildman–Crippen LogP) is 1.14. The van der Waals surface area contributed by atoms with E-state index in [1.165, 1.54) is 6.33 Å². The molecule has 0 unspecified atom stereocenters. The lowest BCUT2D eigenvalue weighted by molar-refractivity contribution is 0.290. The van der Waals surface area contributed by atoms with Crippen LogP contribution in [0.2, 0.25) is 5.02 Å². The van der Waals surface area contributed by atoms with Gasteiger partial charge in [-0.1, -0.05) is 16.8 Å². The Morgan fingerprint density at radius 3 is 2.95 bits per heavy atom.